The van der Waals surface area contributed by atoms with Gasteiger partial charge in [0.25, 0.3) is 0 Å². The van der Waals surface area contributed by atoms with Gasteiger partial charge in [0.2, 0.25) is 0 Å². The van der Waals surface area contributed by atoms with Gasteiger partial charge in [0, 0.05) is 10.6 Å². The number of nitrogens with two attached hydrogens (primary N) is 1. The van der Waals surface area contributed by atoms with Crippen LogP contribution in [0.2, 0.25) is 5.02 Å². The highest BCUT2D eigenvalue weighted by Gasteiger charge is 2.03. The molecule has 0 fully saturated rings. The maximum atomic E-state index is 5.90. The Morgan fingerprint density at radius 1 is 1.29 bits per heavy atom. The largest absolute Gasteiger partial charge is 0.473 e. The maximum Gasteiger partial charge on any atom is 0.159 e. The first-order valence-corrected chi connectivity index (χ1v) is 5.53. The Morgan fingerprint density at radius 2 is 2.00 bits per heavy atom. The van der Waals surface area contributed by atoms with E-state index in [4.69, 9.17) is 22.1 Å². The molecule has 17 heavy (non-hydrogen) atoms. The first-order chi connectivity index (χ1) is 8.15. The van der Waals surface area contributed by atoms with Gasteiger partial charge in [-0.2, -0.15) is 0 Å². The van der Waals surface area contributed by atoms with Crippen LogP contribution in [0.25, 0.3) is 11.4 Å². The molecule has 0 bridgehead atoms. The molecule has 1 aromatic carbocycles. The van der Waals surface area contributed by atoms with Crippen molar-refractivity contribution in [3.8, 4) is 17.1 Å². The second-order valence-electron chi connectivity index (χ2n) is 3.58. The fourth-order valence-corrected chi connectivity index (χ4v) is 1.56. The van der Waals surface area contributed by atoms with Gasteiger partial charge in [0.1, 0.15) is 6.23 Å². The summed E-state index contributed by atoms with van der Waals surface area (Å²) in [5, 5.41) is 0.655. The van der Waals surface area contributed by atoms with Crippen molar-refractivity contribution in [3.05, 3.63) is 41.7 Å². The zero-order valence-electron chi connectivity index (χ0n) is 9.30. The van der Waals surface area contributed by atoms with E-state index in [0.717, 1.165) is 5.56 Å². The van der Waals surface area contributed by atoms with Crippen LogP contribution in [0.15, 0.2) is 36.7 Å². The van der Waals surface area contributed by atoms with Crippen molar-refractivity contribution in [2.45, 2.75) is 13.2 Å². The summed E-state index contributed by atoms with van der Waals surface area (Å²) in [6.45, 7) is 1.74. The standard InChI is InChI=1S/C12H12ClN3O/c1-8(14)17-11-6-15-12(16-7-11)9-3-2-4-10(13)5-9/h2-8H,14H2,1H3. The monoisotopic (exact) mass is 249 g/mol. The van der Waals surface area contributed by atoms with E-state index in [1.165, 1.54) is 0 Å². The molecule has 5 heteroatoms. The van der Waals surface area contributed by atoms with Crippen LogP contribution < -0.4 is 10.5 Å². The number of aromatic nitrogens is 2. The maximum absolute atomic E-state index is 5.90. The Labute approximate surface area is 104 Å². The number of benzene rings is 1. The van der Waals surface area contributed by atoms with Crippen LogP contribution in [-0.4, -0.2) is 16.2 Å². The third kappa shape index (κ3) is 3.15. The van der Waals surface area contributed by atoms with Gasteiger partial charge in [-0.25, -0.2) is 9.97 Å². The molecule has 2 aromatic rings. The van der Waals surface area contributed by atoms with Crippen molar-refractivity contribution in [1.29, 1.82) is 0 Å². The van der Waals surface area contributed by atoms with E-state index in [1.54, 1.807) is 25.4 Å². The van der Waals surface area contributed by atoms with Gasteiger partial charge in [-0.15, -0.1) is 0 Å². The second kappa shape index (κ2) is 5.12. The fourth-order valence-electron chi connectivity index (χ4n) is 1.37. The summed E-state index contributed by atoms with van der Waals surface area (Å²) in [4.78, 5) is 8.39. The van der Waals surface area contributed by atoms with Crippen LogP contribution in [0, 0.1) is 0 Å². The molecule has 0 amide bonds. The highest BCUT2D eigenvalue weighted by Crippen LogP contribution is 2.20. The van der Waals surface area contributed by atoms with Crippen LogP contribution in [0.5, 0.6) is 5.75 Å². The van der Waals surface area contributed by atoms with Crippen molar-refractivity contribution in [3.63, 3.8) is 0 Å². The van der Waals surface area contributed by atoms with Crippen molar-refractivity contribution < 1.29 is 4.74 Å². The topological polar surface area (TPSA) is 61.0 Å². The molecule has 1 aromatic heterocycles. The molecule has 0 aliphatic carbocycles. The van der Waals surface area contributed by atoms with Gasteiger partial charge >= 0.3 is 0 Å². The van der Waals surface area contributed by atoms with Crippen LogP contribution in [0.1, 0.15) is 6.92 Å². The van der Waals surface area contributed by atoms with E-state index >= 15 is 0 Å². The number of halogens is 1. The quantitative estimate of drug-likeness (QED) is 0.849. The lowest BCUT2D eigenvalue weighted by Crippen LogP contribution is -2.22. The van der Waals surface area contributed by atoms with Gasteiger partial charge in [-0.3, -0.25) is 5.73 Å². The van der Waals surface area contributed by atoms with E-state index < -0.39 is 0 Å². The van der Waals surface area contributed by atoms with Crippen molar-refractivity contribution in [1.82, 2.24) is 9.97 Å². The lowest BCUT2D eigenvalue weighted by Gasteiger charge is -2.08. The molecule has 0 saturated carbocycles. The Kier molecular flexibility index (Phi) is 3.56. The van der Waals surface area contributed by atoms with Gasteiger partial charge in [-0.05, 0) is 19.1 Å². The summed E-state index contributed by atoms with van der Waals surface area (Å²) in [7, 11) is 0. The van der Waals surface area contributed by atoms with Gasteiger partial charge in [-0.1, -0.05) is 23.7 Å². The van der Waals surface area contributed by atoms with Crippen LogP contribution in [0.4, 0.5) is 0 Å². The summed E-state index contributed by atoms with van der Waals surface area (Å²) >= 11 is 5.90. The third-order valence-electron chi connectivity index (χ3n) is 2.03. The van der Waals surface area contributed by atoms with E-state index in [2.05, 4.69) is 9.97 Å². The Hall–Kier alpha value is -1.65. The molecular weight excluding hydrogens is 238 g/mol. The molecule has 88 valence electrons. The molecule has 1 heterocycles. The molecule has 4 nitrogen and oxygen atoms in total. The SMILES string of the molecule is CC(N)Oc1cnc(-c2cccc(Cl)c2)nc1. The summed E-state index contributed by atoms with van der Waals surface area (Å²) in [6.07, 6.45) is 2.80. The third-order valence-corrected chi connectivity index (χ3v) is 2.27. The van der Waals surface area contributed by atoms with Crippen molar-refractivity contribution >= 4 is 11.6 Å². The minimum absolute atomic E-state index is 0.379. The zero-order chi connectivity index (χ0) is 12.3. The van der Waals surface area contributed by atoms with E-state index in [-0.39, 0.29) is 6.23 Å². The van der Waals surface area contributed by atoms with Crippen LogP contribution >= 0.6 is 11.6 Å². The molecule has 1 atom stereocenters. The molecular formula is C12H12ClN3O. The lowest BCUT2D eigenvalue weighted by atomic mass is 10.2. The van der Waals surface area contributed by atoms with Crippen molar-refractivity contribution in [2.24, 2.45) is 5.73 Å². The van der Waals surface area contributed by atoms with Crippen LogP contribution in [0.3, 0.4) is 0 Å². The number of rotatable bonds is 3. The zero-order valence-corrected chi connectivity index (χ0v) is 10.1. The number of hydrogen-bond acceptors (Lipinski definition) is 4. The highest BCUT2D eigenvalue weighted by molar-refractivity contribution is 6.30. The summed E-state index contributed by atoms with van der Waals surface area (Å²) in [5.74, 6) is 1.15. The minimum atomic E-state index is -0.379. The molecule has 0 radical (unpaired) electrons. The van der Waals surface area contributed by atoms with E-state index in [9.17, 15) is 0 Å². The van der Waals surface area contributed by atoms with Crippen LogP contribution in [-0.2, 0) is 0 Å². The molecule has 2 rings (SSSR count). The number of nitrogens with zero attached hydrogens (tertiary/aromatic N) is 2. The first-order valence-electron chi connectivity index (χ1n) is 5.15. The average molecular weight is 250 g/mol. The summed E-state index contributed by atoms with van der Waals surface area (Å²) in [5.41, 5.74) is 6.36. The fraction of sp³-hybridized carbons (Fsp3) is 0.167. The highest BCUT2D eigenvalue weighted by atomic mass is 35.5. The molecule has 0 aliphatic rings. The van der Waals surface area contributed by atoms with Gasteiger partial charge in [0.15, 0.2) is 11.6 Å². The normalized spacial score (nSPS) is 12.2. The van der Waals surface area contributed by atoms with Gasteiger partial charge < -0.3 is 4.74 Å². The van der Waals surface area contributed by atoms with Gasteiger partial charge in [0.05, 0.1) is 12.4 Å². The summed E-state index contributed by atoms with van der Waals surface area (Å²) < 4.78 is 5.26. The molecule has 0 aliphatic heterocycles. The molecule has 1 unspecified atom stereocenters. The number of hydrogen-bond donors (Lipinski definition) is 1. The van der Waals surface area contributed by atoms with Crippen molar-refractivity contribution in [2.75, 3.05) is 0 Å². The first kappa shape index (κ1) is 11.8. The Morgan fingerprint density at radius 3 is 2.59 bits per heavy atom. The number of ether oxygens (including phenoxy) is 1. The Bertz CT molecular complexity index is 499. The second-order valence-corrected chi connectivity index (χ2v) is 4.01. The summed E-state index contributed by atoms with van der Waals surface area (Å²) in [6, 6.07) is 7.36. The predicted molar refractivity (Wildman–Crippen MR) is 66.8 cm³/mol. The smallest absolute Gasteiger partial charge is 0.159 e. The minimum Gasteiger partial charge on any atom is -0.473 e. The molecule has 2 N–H and O–H groups in total. The van der Waals surface area contributed by atoms with E-state index in [0.29, 0.717) is 16.6 Å². The molecule has 0 spiro atoms. The molecule has 0 saturated heterocycles. The predicted octanol–water partition coefficient (Wildman–Crippen LogP) is 2.48. The average Bonchev–Trinajstić information content (AvgIpc) is 2.29. The van der Waals surface area contributed by atoms with E-state index in [1.807, 2.05) is 18.2 Å². The Balaban J connectivity index is 2.23. The lowest BCUT2D eigenvalue weighted by molar-refractivity contribution is 0.228.